The highest BCUT2D eigenvalue weighted by molar-refractivity contribution is 5.85. The second-order valence-corrected chi connectivity index (χ2v) is 2.91. The van der Waals surface area contributed by atoms with E-state index in [4.69, 9.17) is 5.11 Å². The summed E-state index contributed by atoms with van der Waals surface area (Å²) < 4.78 is 1.69. The van der Waals surface area contributed by atoms with E-state index in [9.17, 15) is 4.79 Å². The van der Waals surface area contributed by atoms with Gasteiger partial charge >= 0.3 is 5.97 Å². The molecule has 0 aliphatic carbocycles. The molecule has 0 bridgehead atoms. The van der Waals surface area contributed by atoms with Crippen molar-refractivity contribution in [3.8, 4) is 5.82 Å². The molecule has 0 aromatic carbocycles. The maximum Gasteiger partial charge on any atom is 0.354 e. The fraction of sp³-hybridized carbons (Fsp3) is 0.273. The first-order chi connectivity index (χ1) is 8.18. The molecule has 1 N–H and O–H groups in total. The zero-order valence-electron chi connectivity index (χ0n) is 9.95. The molecule has 90 valence electrons. The quantitative estimate of drug-likeness (QED) is 0.855. The molecule has 0 amide bonds. The smallest absolute Gasteiger partial charge is 0.354 e. The number of hydrogen-bond donors (Lipinski definition) is 1. The fourth-order valence-electron chi connectivity index (χ4n) is 1.22. The highest BCUT2D eigenvalue weighted by atomic mass is 16.4. The van der Waals surface area contributed by atoms with Crippen molar-refractivity contribution in [1.82, 2.24) is 19.5 Å². The van der Waals surface area contributed by atoms with Crippen LogP contribution >= 0.6 is 0 Å². The standard InChI is InChI=1S/C9H8N4O2.C2H6/c1-6-10-2-3-13(6)8-4-7(9(14)15)11-5-12-8;1-2/h2-5H,1H3,(H,14,15);1-2H3. The van der Waals surface area contributed by atoms with Gasteiger partial charge in [0.1, 0.15) is 18.0 Å². The zero-order valence-corrected chi connectivity index (χ0v) is 9.95. The van der Waals surface area contributed by atoms with Gasteiger partial charge in [0.15, 0.2) is 5.69 Å². The Kier molecular flexibility index (Phi) is 4.33. The maximum absolute atomic E-state index is 10.7. The lowest BCUT2D eigenvalue weighted by Crippen LogP contribution is -2.05. The van der Waals surface area contributed by atoms with Crippen LogP contribution in [0.3, 0.4) is 0 Å². The van der Waals surface area contributed by atoms with Gasteiger partial charge in [-0.3, -0.25) is 4.57 Å². The summed E-state index contributed by atoms with van der Waals surface area (Å²) in [6.07, 6.45) is 4.55. The topological polar surface area (TPSA) is 80.9 Å². The minimum atomic E-state index is -1.07. The summed E-state index contributed by atoms with van der Waals surface area (Å²) in [5.41, 5.74) is -0.0342. The van der Waals surface area contributed by atoms with Crippen LogP contribution in [0.2, 0.25) is 0 Å². The third-order valence-corrected chi connectivity index (χ3v) is 1.94. The van der Waals surface area contributed by atoms with Crippen LogP contribution in [0.15, 0.2) is 24.8 Å². The van der Waals surface area contributed by atoms with Gasteiger partial charge in [-0.1, -0.05) is 13.8 Å². The third kappa shape index (κ3) is 2.87. The molecule has 0 saturated carbocycles. The molecular formula is C11H14N4O2. The second-order valence-electron chi connectivity index (χ2n) is 2.91. The van der Waals surface area contributed by atoms with Crippen LogP contribution in [0.1, 0.15) is 30.2 Å². The van der Waals surface area contributed by atoms with Crippen molar-refractivity contribution in [2.24, 2.45) is 0 Å². The number of imidazole rings is 1. The minimum absolute atomic E-state index is 0.0342. The molecule has 0 spiro atoms. The maximum atomic E-state index is 10.7. The Balaban J connectivity index is 0.000000686. The number of aromatic carboxylic acids is 1. The number of aryl methyl sites for hydroxylation is 1. The zero-order chi connectivity index (χ0) is 12.8. The number of rotatable bonds is 2. The molecule has 2 heterocycles. The molecule has 2 rings (SSSR count). The lowest BCUT2D eigenvalue weighted by Gasteiger charge is -2.03. The Morgan fingerprint density at radius 1 is 1.29 bits per heavy atom. The van der Waals surface area contributed by atoms with Crippen LogP contribution in [0.5, 0.6) is 0 Å². The van der Waals surface area contributed by atoms with Gasteiger partial charge in [0, 0.05) is 18.5 Å². The summed E-state index contributed by atoms with van der Waals surface area (Å²) in [5, 5.41) is 8.76. The normalized spacial score (nSPS) is 9.35. The number of carbonyl (C=O) groups is 1. The van der Waals surface area contributed by atoms with Crippen molar-refractivity contribution in [3.63, 3.8) is 0 Å². The van der Waals surface area contributed by atoms with Gasteiger partial charge in [-0.2, -0.15) is 0 Å². The van der Waals surface area contributed by atoms with Crippen LogP contribution in [0.25, 0.3) is 5.82 Å². The van der Waals surface area contributed by atoms with Crippen LogP contribution < -0.4 is 0 Å². The van der Waals surface area contributed by atoms with E-state index in [0.29, 0.717) is 5.82 Å². The predicted octanol–water partition coefficient (Wildman–Crippen LogP) is 1.70. The van der Waals surface area contributed by atoms with Crippen LogP contribution in [0.4, 0.5) is 0 Å². The monoisotopic (exact) mass is 234 g/mol. The summed E-state index contributed by atoms with van der Waals surface area (Å²) in [6, 6.07) is 1.40. The van der Waals surface area contributed by atoms with Gasteiger partial charge < -0.3 is 5.11 Å². The first kappa shape index (κ1) is 12.8. The number of nitrogens with zero attached hydrogens (tertiary/aromatic N) is 4. The molecule has 6 heteroatoms. The van der Waals surface area contributed by atoms with E-state index >= 15 is 0 Å². The Labute approximate surface area is 99.0 Å². The van der Waals surface area contributed by atoms with Crippen LogP contribution in [-0.4, -0.2) is 30.6 Å². The highest BCUT2D eigenvalue weighted by Gasteiger charge is 2.08. The summed E-state index contributed by atoms with van der Waals surface area (Å²) in [6.45, 7) is 5.81. The molecule has 0 aliphatic heterocycles. The number of hydrogen-bond acceptors (Lipinski definition) is 4. The number of carboxylic acids is 1. The molecule has 0 radical (unpaired) electrons. The molecule has 2 aromatic heterocycles. The lowest BCUT2D eigenvalue weighted by molar-refractivity contribution is 0.0690. The predicted molar refractivity (Wildman–Crippen MR) is 62.2 cm³/mol. The summed E-state index contributed by atoms with van der Waals surface area (Å²) in [7, 11) is 0. The third-order valence-electron chi connectivity index (χ3n) is 1.94. The molecule has 17 heavy (non-hydrogen) atoms. The van der Waals surface area contributed by atoms with Crippen molar-refractivity contribution in [3.05, 3.63) is 36.3 Å². The fourth-order valence-corrected chi connectivity index (χ4v) is 1.22. The van der Waals surface area contributed by atoms with Crippen LogP contribution in [-0.2, 0) is 0 Å². The van der Waals surface area contributed by atoms with E-state index in [1.807, 2.05) is 20.8 Å². The molecule has 0 fully saturated rings. The van der Waals surface area contributed by atoms with Crippen molar-refractivity contribution in [2.45, 2.75) is 20.8 Å². The minimum Gasteiger partial charge on any atom is -0.477 e. The first-order valence-electron chi connectivity index (χ1n) is 5.24. The Hall–Kier alpha value is -2.24. The van der Waals surface area contributed by atoms with Gasteiger partial charge in [-0.25, -0.2) is 19.7 Å². The summed E-state index contributed by atoms with van der Waals surface area (Å²) >= 11 is 0. The van der Waals surface area contributed by atoms with E-state index in [2.05, 4.69) is 15.0 Å². The van der Waals surface area contributed by atoms with Gasteiger partial charge in [0.25, 0.3) is 0 Å². The SMILES string of the molecule is CC.Cc1nccn1-c1cc(C(=O)O)ncn1. The Morgan fingerprint density at radius 2 is 2.00 bits per heavy atom. The van der Waals surface area contributed by atoms with Gasteiger partial charge in [0.05, 0.1) is 0 Å². The van der Waals surface area contributed by atoms with E-state index in [1.54, 1.807) is 17.0 Å². The average molecular weight is 234 g/mol. The van der Waals surface area contributed by atoms with E-state index in [-0.39, 0.29) is 5.69 Å². The lowest BCUT2D eigenvalue weighted by atomic mass is 10.4. The van der Waals surface area contributed by atoms with Crippen molar-refractivity contribution >= 4 is 5.97 Å². The summed E-state index contributed by atoms with van der Waals surface area (Å²) in [4.78, 5) is 22.3. The van der Waals surface area contributed by atoms with E-state index in [0.717, 1.165) is 5.82 Å². The van der Waals surface area contributed by atoms with Gasteiger partial charge in [0.2, 0.25) is 0 Å². The van der Waals surface area contributed by atoms with Crippen molar-refractivity contribution in [2.75, 3.05) is 0 Å². The molecule has 0 unspecified atom stereocenters. The van der Waals surface area contributed by atoms with Crippen LogP contribution in [0, 0.1) is 6.92 Å². The van der Waals surface area contributed by atoms with Crippen molar-refractivity contribution in [1.29, 1.82) is 0 Å². The highest BCUT2D eigenvalue weighted by Crippen LogP contribution is 2.07. The number of carboxylic acid groups (broad SMARTS) is 1. The molecule has 6 nitrogen and oxygen atoms in total. The van der Waals surface area contributed by atoms with Gasteiger partial charge in [-0.05, 0) is 6.92 Å². The molecular weight excluding hydrogens is 220 g/mol. The second kappa shape index (κ2) is 5.74. The molecule has 0 saturated heterocycles. The molecule has 0 atom stereocenters. The molecule has 2 aromatic rings. The summed E-state index contributed by atoms with van der Waals surface area (Å²) in [5.74, 6) is 0.166. The molecule has 0 aliphatic rings. The largest absolute Gasteiger partial charge is 0.477 e. The van der Waals surface area contributed by atoms with Gasteiger partial charge in [-0.15, -0.1) is 0 Å². The first-order valence-corrected chi connectivity index (χ1v) is 5.24. The Morgan fingerprint density at radius 3 is 2.53 bits per heavy atom. The number of aromatic nitrogens is 4. The van der Waals surface area contributed by atoms with E-state index in [1.165, 1.54) is 12.4 Å². The van der Waals surface area contributed by atoms with Crippen molar-refractivity contribution < 1.29 is 9.90 Å². The Bertz CT molecular complexity index is 508. The van der Waals surface area contributed by atoms with E-state index < -0.39 is 5.97 Å². The average Bonchev–Trinajstić information content (AvgIpc) is 2.78.